The molecule has 3 rings (SSSR count). The highest BCUT2D eigenvalue weighted by molar-refractivity contribution is 7.85. The normalized spacial score (nSPS) is 14.7. The Bertz CT molecular complexity index is 866. The molecule has 0 aliphatic carbocycles. The van der Waals surface area contributed by atoms with Crippen LogP contribution in [0.4, 0.5) is 11.4 Å². The maximum Gasteiger partial charge on any atom is 0.261 e. The third kappa shape index (κ3) is 5.44. The molecule has 1 heterocycles. The van der Waals surface area contributed by atoms with Gasteiger partial charge in [0.1, 0.15) is 5.75 Å². The standard InChI is InChI=1S/C21H23ClN2O3S/c1-26-18-6-7-19(22)15(13-18)5-8-20(28)21(25)23-16-3-2-4-17(14-16)24-9-11-27-12-10-24/h2-4,6-8,13-14,28H,5,9-12H2,1H3,(H,23,25)/b20-8+. The molecular weight excluding hydrogens is 396 g/mol. The zero-order chi connectivity index (χ0) is 19.9. The van der Waals surface area contributed by atoms with Gasteiger partial charge < -0.3 is 19.7 Å². The van der Waals surface area contributed by atoms with E-state index in [0.29, 0.717) is 29.6 Å². The summed E-state index contributed by atoms with van der Waals surface area (Å²) in [6, 6.07) is 13.2. The first kappa shape index (κ1) is 20.6. The number of carbonyl (C=O) groups excluding carboxylic acids is 1. The monoisotopic (exact) mass is 418 g/mol. The van der Waals surface area contributed by atoms with Crippen molar-refractivity contribution >= 4 is 41.5 Å². The third-order valence-electron chi connectivity index (χ3n) is 4.48. The van der Waals surface area contributed by atoms with Crippen molar-refractivity contribution in [1.82, 2.24) is 0 Å². The summed E-state index contributed by atoms with van der Waals surface area (Å²) in [4.78, 5) is 15.0. The lowest BCUT2D eigenvalue weighted by Gasteiger charge is -2.29. The quantitative estimate of drug-likeness (QED) is 0.545. The predicted octanol–water partition coefficient (Wildman–Crippen LogP) is 4.18. The number of benzene rings is 2. The Morgan fingerprint density at radius 1 is 1.29 bits per heavy atom. The van der Waals surface area contributed by atoms with Gasteiger partial charge in [-0.25, -0.2) is 0 Å². The minimum Gasteiger partial charge on any atom is -0.497 e. The Kier molecular flexibility index (Phi) is 7.25. The number of halogens is 1. The minimum absolute atomic E-state index is 0.263. The molecule has 0 aromatic heterocycles. The van der Waals surface area contributed by atoms with E-state index in [2.05, 4.69) is 22.8 Å². The lowest BCUT2D eigenvalue weighted by molar-refractivity contribution is -0.112. The van der Waals surface area contributed by atoms with Gasteiger partial charge in [0.15, 0.2) is 0 Å². The Labute approximate surface area is 175 Å². The van der Waals surface area contributed by atoms with Crippen LogP contribution in [0.5, 0.6) is 5.75 Å². The van der Waals surface area contributed by atoms with Crippen LogP contribution in [0.1, 0.15) is 5.56 Å². The van der Waals surface area contributed by atoms with E-state index < -0.39 is 0 Å². The van der Waals surface area contributed by atoms with Crippen LogP contribution >= 0.6 is 24.2 Å². The number of amides is 1. The molecule has 2 aromatic carbocycles. The lowest BCUT2D eigenvalue weighted by Crippen LogP contribution is -2.36. The Morgan fingerprint density at radius 3 is 2.82 bits per heavy atom. The van der Waals surface area contributed by atoms with Gasteiger partial charge in [-0.1, -0.05) is 23.7 Å². The van der Waals surface area contributed by atoms with Crippen LogP contribution in [0.25, 0.3) is 0 Å². The number of ether oxygens (including phenoxy) is 2. The molecule has 0 bridgehead atoms. The minimum atomic E-state index is -0.263. The zero-order valence-electron chi connectivity index (χ0n) is 15.7. The van der Waals surface area contributed by atoms with Gasteiger partial charge >= 0.3 is 0 Å². The zero-order valence-corrected chi connectivity index (χ0v) is 17.3. The molecule has 1 aliphatic rings. The van der Waals surface area contributed by atoms with E-state index in [4.69, 9.17) is 21.1 Å². The molecule has 0 unspecified atom stereocenters. The molecule has 148 valence electrons. The predicted molar refractivity (Wildman–Crippen MR) is 117 cm³/mol. The highest BCUT2D eigenvalue weighted by atomic mass is 35.5. The number of allylic oxidation sites excluding steroid dienone is 1. The summed E-state index contributed by atoms with van der Waals surface area (Å²) in [5, 5.41) is 3.52. The molecule has 2 aromatic rings. The topological polar surface area (TPSA) is 50.8 Å². The number of rotatable bonds is 6. The number of morpholine rings is 1. The van der Waals surface area contributed by atoms with Crippen LogP contribution in [0.2, 0.25) is 5.02 Å². The number of carbonyl (C=O) groups is 1. The van der Waals surface area contributed by atoms with Gasteiger partial charge in [0.2, 0.25) is 0 Å². The molecule has 7 heteroatoms. The number of anilines is 2. The van der Waals surface area contributed by atoms with E-state index in [1.165, 1.54) is 0 Å². The van der Waals surface area contributed by atoms with Crippen LogP contribution in [-0.4, -0.2) is 39.3 Å². The average molecular weight is 419 g/mol. The summed E-state index contributed by atoms with van der Waals surface area (Å²) in [7, 11) is 1.60. The van der Waals surface area contributed by atoms with Gasteiger partial charge in [0, 0.05) is 29.5 Å². The number of hydrogen-bond donors (Lipinski definition) is 2. The van der Waals surface area contributed by atoms with E-state index in [-0.39, 0.29) is 5.91 Å². The van der Waals surface area contributed by atoms with Crippen LogP contribution in [0.15, 0.2) is 53.4 Å². The van der Waals surface area contributed by atoms with Gasteiger partial charge in [0.05, 0.1) is 25.2 Å². The Morgan fingerprint density at radius 2 is 2.07 bits per heavy atom. The number of nitrogens with zero attached hydrogens (tertiary/aromatic N) is 1. The molecule has 0 atom stereocenters. The summed E-state index contributed by atoms with van der Waals surface area (Å²) in [5.74, 6) is 0.458. The van der Waals surface area contributed by atoms with Crippen molar-refractivity contribution in [1.29, 1.82) is 0 Å². The lowest BCUT2D eigenvalue weighted by atomic mass is 10.1. The molecule has 1 amide bonds. The fraction of sp³-hybridized carbons (Fsp3) is 0.286. The smallest absolute Gasteiger partial charge is 0.261 e. The fourth-order valence-electron chi connectivity index (χ4n) is 2.93. The second-order valence-corrected chi connectivity index (χ2v) is 7.24. The molecule has 1 fully saturated rings. The van der Waals surface area contributed by atoms with E-state index in [0.717, 1.165) is 35.8 Å². The molecule has 0 spiro atoms. The molecule has 5 nitrogen and oxygen atoms in total. The molecule has 1 saturated heterocycles. The van der Waals surface area contributed by atoms with Crippen molar-refractivity contribution in [3.05, 3.63) is 64.0 Å². The van der Waals surface area contributed by atoms with Gasteiger partial charge in [-0.15, -0.1) is 12.6 Å². The number of thiol groups is 1. The number of methoxy groups -OCH3 is 1. The highest BCUT2D eigenvalue weighted by Crippen LogP contribution is 2.24. The molecular formula is C21H23ClN2O3S. The molecule has 0 radical (unpaired) electrons. The van der Waals surface area contributed by atoms with Crippen LogP contribution < -0.4 is 15.0 Å². The Balaban J connectivity index is 1.64. The highest BCUT2D eigenvalue weighted by Gasteiger charge is 2.12. The van der Waals surface area contributed by atoms with Gasteiger partial charge in [-0.3, -0.25) is 4.79 Å². The summed E-state index contributed by atoms with van der Waals surface area (Å²) in [6.45, 7) is 3.12. The van der Waals surface area contributed by atoms with E-state index in [1.807, 2.05) is 30.3 Å². The summed E-state index contributed by atoms with van der Waals surface area (Å²) in [6.07, 6.45) is 2.22. The van der Waals surface area contributed by atoms with Gasteiger partial charge in [0.25, 0.3) is 5.91 Å². The van der Waals surface area contributed by atoms with Crippen LogP contribution in [-0.2, 0) is 16.0 Å². The first-order chi connectivity index (χ1) is 13.6. The van der Waals surface area contributed by atoms with E-state index >= 15 is 0 Å². The van der Waals surface area contributed by atoms with Crippen molar-refractivity contribution in [3.8, 4) is 5.75 Å². The SMILES string of the molecule is COc1ccc(Cl)c(C/C=C(/S)C(=O)Nc2cccc(N3CCOCC3)c2)c1. The largest absolute Gasteiger partial charge is 0.497 e. The summed E-state index contributed by atoms with van der Waals surface area (Å²) in [5.41, 5.74) is 2.66. The van der Waals surface area contributed by atoms with Gasteiger partial charge in [-0.2, -0.15) is 0 Å². The second kappa shape index (κ2) is 9.87. The summed E-state index contributed by atoms with van der Waals surface area (Å²) < 4.78 is 10.6. The average Bonchev–Trinajstić information content (AvgIpc) is 2.73. The maximum absolute atomic E-state index is 12.5. The fourth-order valence-corrected chi connectivity index (χ4v) is 3.27. The molecule has 0 saturated carbocycles. The molecule has 1 aliphatic heterocycles. The van der Waals surface area contributed by atoms with Crippen molar-refractivity contribution in [2.45, 2.75) is 6.42 Å². The molecule has 1 N–H and O–H groups in total. The van der Waals surface area contributed by atoms with Crippen molar-refractivity contribution in [2.24, 2.45) is 0 Å². The molecule has 28 heavy (non-hydrogen) atoms. The summed E-state index contributed by atoms with van der Waals surface area (Å²) >= 11 is 10.6. The van der Waals surface area contributed by atoms with Gasteiger partial charge in [-0.05, 0) is 48.4 Å². The Hall–Kier alpha value is -2.15. The number of hydrogen-bond acceptors (Lipinski definition) is 5. The van der Waals surface area contributed by atoms with Crippen molar-refractivity contribution in [2.75, 3.05) is 43.6 Å². The van der Waals surface area contributed by atoms with E-state index in [9.17, 15) is 4.79 Å². The van der Waals surface area contributed by atoms with Crippen LogP contribution in [0.3, 0.4) is 0 Å². The first-order valence-electron chi connectivity index (χ1n) is 9.02. The van der Waals surface area contributed by atoms with Crippen molar-refractivity contribution in [3.63, 3.8) is 0 Å². The third-order valence-corrected chi connectivity index (χ3v) is 5.24. The van der Waals surface area contributed by atoms with Crippen molar-refractivity contribution < 1.29 is 14.3 Å². The van der Waals surface area contributed by atoms with Crippen LogP contribution in [0, 0.1) is 0 Å². The first-order valence-corrected chi connectivity index (χ1v) is 9.85. The maximum atomic E-state index is 12.5. The second-order valence-electron chi connectivity index (χ2n) is 6.35. The number of nitrogens with one attached hydrogen (secondary N) is 1. The van der Waals surface area contributed by atoms with E-state index in [1.54, 1.807) is 25.3 Å².